The summed E-state index contributed by atoms with van der Waals surface area (Å²) < 4.78 is 8.69. The first-order valence-corrected chi connectivity index (χ1v) is 10.2. The normalized spacial score (nSPS) is 11.7. The molecule has 0 aliphatic carbocycles. The standard InChI is InChI=1S/C18H15BrN2O3S2/c1-3-9-21-12-6-5-11(17(23)24-4-2)10-14(12)26-18(21)20-16(22)13-7-8-15(19)25-13/h3,5-8,10H,1,4,9H2,2H3. The number of nitrogens with zero attached hydrogens (tertiary/aromatic N) is 2. The van der Waals surface area contributed by atoms with Gasteiger partial charge in [0.25, 0.3) is 5.91 Å². The fourth-order valence-corrected chi connectivity index (χ4v) is 4.72. The van der Waals surface area contributed by atoms with E-state index in [4.69, 9.17) is 4.74 Å². The number of hydrogen-bond acceptors (Lipinski definition) is 5. The highest BCUT2D eigenvalue weighted by Crippen LogP contribution is 2.23. The smallest absolute Gasteiger partial charge is 0.338 e. The number of fused-ring (bicyclic) bond motifs is 1. The summed E-state index contributed by atoms with van der Waals surface area (Å²) in [6.07, 6.45) is 1.75. The van der Waals surface area contributed by atoms with E-state index in [2.05, 4.69) is 27.5 Å². The Bertz CT molecular complexity index is 1060. The average Bonchev–Trinajstić information content (AvgIpc) is 3.19. The number of carbonyl (C=O) groups is 2. The number of rotatable bonds is 5. The molecule has 0 unspecified atom stereocenters. The molecule has 0 N–H and O–H groups in total. The van der Waals surface area contributed by atoms with Gasteiger partial charge < -0.3 is 9.30 Å². The molecule has 0 spiro atoms. The number of halogens is 1. The molecule has 26 heavy (non-hydrogen) atoms. The lowest BCUT2D eigenvalue weighted by Gasteiger charge is -2.03. The Kier molecular flexibility index (Phi) is 5.85. The van der Waals surface area contributed by atoms with Crippen molar-refractivity contribution in [1.29, 1.82) is 0 Å². The Morgan fingerprint density at radius 1 is 1.31 bits per heavy atom. The molecule has 0 aliphatic rings. The maximum Gasteiger partial charge on any atom is 0.338 e. The molecule has 0 aliphatic heterocycles. The zero-order chi connectivity index (χ0) is 18.7. The number of amides is 1. The molecule has 1 amide bonds. The predicted molar refractivity (Wildman–Crippen MR) is 108 cm³/mol. The van der Waals surface area contributed by atoms with E-state index in [0.29, 0.717) is 28.4 Å². The summed E-state index contributed by atoms with van der Waals surface area (Å²) in [7, 11) is 0. The van der Waals surface area contributed by atoms with Crippen LogP contribution in [0.4, 0.5) is 0 Å². The van der Waals surface area contributed by atoms with Gasteiger partial charge in [-0.3, -0.25) is 4.79 Å². The molecule has 1 aromatic carbocycles. The third-order valence-corrected chi connectivity index (χ3v) is 6.14. The summed E-state index contributed by atoms with van der Waals surface area (Å²) in [5.41, 5.74) is 1.37. The molecule has 0 saturated carbocycles. The van der Waals surface area contributed by atoms with Crippen LogP contribution in [-0.4, -0.2) is 23.1 Å². The van der Waals surface area contributed by atoms with E-state index in [1.165, 1.54) is 22.7 Å². The Labute approximate surface area is 166 Å². The van der Waals surface area contributed by atoms with Crippen molar-refractivity contribution in [1.82, 2.24) is 4.57 Å². The molecule has 3 rings (SSSR count). The average molecular weight is 451 g/mol. The number of hydrogen-bond donors (Lipinski definition) is 0. The van der Waals surface area contributed by atoms with Crippen molar-refractivity contribution in [3.05, 3.63) is 62.0 Å². The van der Waals surface area contributed by atoms with Gasteiger partial charge in [0.15, 0.2) is 4.80 Å². The molecule has 8 heteroatoms. The minimum Gasteiger partial charge on any atom is -0.462 e. The molecule has 3 aromatic rings. The predicted octanol–water partition coefficient (Wildman–Crippen LogP) is 4.63. The molecule has 0 saturated heterocycles. The van der Waals surface area contributed by atoms with Crippen LogP contribution in [0.25, 0.3) is 10.2 Å². The van der Waals surface area contributed by atoms with Gasteiger partial charge >= 0.3 is 5.97 Å². The third-order valence-electron chi connectivity index (χ3n) is 3.49. The van der Waals surface area contributed by atoms with Gasteiger partial charge in [0.1, 0.15) is 0 Å². The minimum atomic E-state index is -0.365. The molecule has 2 heterocycles. The van der Waals surface area contributed by atoms with Crippen molar-refractivity contribution in [2.45, 2.75) is 13.5 Å². The number of allylic oxidation sites excluding steroid dienone is 1. The van der Waals surface area contributed by atoms with Crippen LogP contribution in [0.2, 0.25) is 0 Å². The minimum absolute atomic E-state index is 0.296. The van der Waals surface area contributed by atoms with Gasteiger partial charge in [-0.15, -0.1) is 17.9 Å². The lowest BCUT2D eigenvalue weighted by molar-refractivity contribution is 0.0526. The molecule has 0 bridgehead atoms. The topological polar surface area (TPSA) is 60.7 Å². The van der Waals surface area contributed by atoms with Gasteiger partial charge in [-0.2, -0.15) is 4.99 Å². The largest absolute Gasteiger partial charge is 0.462 e. The monoisotopic (exact) mass is 450 g/mol. The fraction of sp³-hybridized carbons (Fsp3) is 0.167. The zero-order valence-corrected chi connectivity index (χ0v) is 17.1. The van der Waals surface area contributed by atoms with Gasteiger partial charge in [-0.25, -0.2) is 4.79 Å². The van der Waals surface area contributed by atoms with Gasteiger partial charge in [0.2, 0.25) is 0 Å². The molecule has 0 fully saturated rings. The lowest BCUT2D eigenvalue weighted by Crippen LogP contribution is -2.16. The molecule has 0 radical (unpaired) electrons. The number of ether oxygens (including phenoxy) is 1. The van der Waals surface area contributed by atoms with Crippen LogP contribution in [0.5, 0.6) is 0 Å². The highest BCUT2D eigenvalue weighted by molar-refractivity contribution is 9.11. The van der Waals surface area contributed by atoms with Crippen molar-refractivity contribution in [2.75, 3.05) is 6.61 Å². The molecule has 0 atom stereocenters. The highest BCUT2D eigenvalue weighted by atomic mass is 79.9. The Morgan fingerprint density at radius 3 is 2.77 bits per heavy atom. The summed E-state index contributed by atoms with van der Waals surface area (Å²) in [5.74, 6) is -0.660. The second-order valence-corrected chi connectivity index (χ2v) is 8.68. The van der Waals surface area contributed by atoms with Crippen molar-refractivity contribution in [3.63, 3.8) is 0 Å². The summed E-state index contributed by atoms with van der Waals surface area (Å²) in [6.45, 7) is 6.38. The SMILES string of the molecule is C=CCn1c(=NC(=O)c2ccc(Br)s2)sc2cc(C(=O)OCC)ccc21. The van der Waals surface area contributed by atoms with Crippen molar-refractivity contribution in [3.8, 4) is 0 Å². The first-order valence-electron chi connectivity index (χ1n) is 7.79. The van der Waals surface area contributed by atoms with Crippen LogP contribution in [0.3, 0.4) is 0 Å². The molecule has 5 nitrogen and oxygen atoms in total. The molecular weight excluding hydrogens is 436 g/mol. The summed E-state index contributed by atoms with van der Waals surface area (Å²) in [4.78, 5) is 29.8. The van der Waals surface area contributed by atoms with E-state index in [-0.39, 0.29) is 11.9 Å². The van der Waals surface area contributed by atoms with Crippen molar-refractivity contribution >= 4 is 60.7 Å². The molecular formula is C18H15BrN2O3S2. The second-order valence-electron chi connectivity index (χ2n) is 5.21. The zero-order valence-electron chi connectivity index (χ0n) is 13.9. The lowest BCUT2D eigenvalue weighted by atomic mass is 10.2. The fourth-order valence-electron chi connectivity index (χ4n) is 2.38. The number of benzene rings is 1. The Morgan fingerprint density at radius 2 is 2.12 bits per heavy atom. The quantitative estimate of drug-likeness (QED) is 0.420. The summed E-state index contributed by atoms with van der Waals surface area (Å²) in [5, 5.41) is 0. The van der Waals surface area contributed by atoms with E-state index in [9.17, 15) is 9.59 Å². The number of esters is 1. The number of thiophene rings is 1. The van der Waals surface area contributed by atoms with Crippen molar-refractivity contribution in [2.24, 2.45) is 4.99 Å². The summed E-state index contributed by atoms with van der Waals surface area (Å²) >= 11 is 6.05. The van der Waals surface area contributed by atoms with Crippen LogP contribution in [0.1, 0.15) is 27.0 Å². The van der Waals surface area contributed by atoms with E-state index < -0.39 is 0 Å². The van der Waals surface area contributed by atoms with Crippen LogP contribution < -0.4 is 4.80 Å². The Hall–Kier alpha value is -2.03. The third kappa shape index (κ3) is 3.87. The van der Waals surface area contributed by atoms with Gasteiger partial charge in [-0.1, -0.05) is 17.4 Å². The maximum absolute atomic E-state index is 12.4. The molecule has 134 valence electrons. The summed E-state index contributed by atoms with van der Waals surface area (Å²) in [6, 6.07) is 8.89. The highest BCUT2D eigenvalue weighted by Gasteiger charge is 2.13. The van der Waals surface area contributed by atoms with Crippen LogP contribution in [0, 0.1) is 0 Å². The van der Waals surface area contributed by atoms with E-state index in [0.717, 1.165) is 14.0 Å². The molecule has 2 aromatic heterocycles. The van der Waals surface area contributed by atoms with Crippen LogP contribution in [-0.2, 0) is 11.3 Å². The first-order chi connectivity index (χ1) is 12.5. The number of aromatic nitrogens is 1. The first kappa shape index (κ1) is 18.8. The van der Waals surface area contributed by atoms with Crippen LogP contribution in [0.15, 0.2) is 51.8 Å². The maximum atomic E-state index is 12.4. The second kappa shape index (κ2) is 8.11. The Balaban J connectivity index is 2.10. The number of carbonyl (C=O) groups excluding carboxylic acids is 2. The van der Waals surface area contributed by atoms with Crippen molar-refractivity contribution < 1.29 is 14.3 Å². The van der Waals surface area contributed by atoms with E-state index in [1.807, 2.05) is 16.7 Å². The van der Waals surface area contributed by atoms with Gasteiger partial charge in [0.05, 0.1) is 31.1 Å². The van der Waals surface area contributed by atoms with E-state index >= 15 is 0 Å². The van der Waals surface area contributed by atoms with Crippen LogP contribution >= 0.6 is 38.6 Å². The van der Waals surface area contributed by atoms with Gasteiger partial charge in [0, 0.05) is 6.54 Å². The number of thiazole rings is 1. The van der Waals surface area contributed by atoms with Gasteiger partial charge in [-0.05, 0) is 53.2 Å². The van der Waals surface area contributed by atoms with E-state index in [1.54, 1.807) is 31.2 Å².